The topological polar surface area (TPSA) is 76.7 Å². The SMILES string of the molecule is CCCc1nc(C(Nc2ncnc3ccc(C)cc23)c2ccccc2)no1. The zero-order chi connectivity index (χ0) is 18.6. The van der Waals surface area contributed by atoms with Gasteiger partial charge in [0.15, 0.2) is 5.82 Å². The van der Waals surface area contributed by atoms with Crippen molar-refractivity contribution in [2.45, 2.75) is 32.7 Å². The van der Waals surface area contributed by atoms with Crippen LogP contribution in [0.25, 0.3) is 10.9 Å². The number of benzene rings is 2. The summed E-state index contributed by atoms with van der Waals surface area (Å²) in [6.45, 7) is 4.15. The van der Waals surface area contributed by atoms with Crippen molar-refractivity contribution in [3.05, 3.63) is 77.7 Å². The molecular formula is C21H21N5O. The van der Waals surface area contributed by atoms with E-state index in [2.05, 4.69) is 45.3 Å². The van der Waals surface area contributed by atoms with Crippen molar-refractivity contribution in [1.29, 1.82) is 0 Å². The Morgan fingerprint density at radius 3 is 2.74 bits per heavy atom. The highest BCUT2D eigenvalue weighted by Crippen LogP contribution is 2.28. The van der Waals surface area contributed by atoms with E-state index in [1.54, 1.807) is 6.33 Å². The minimum absolute atomic E-state index is 0.265. The van der Waals surface area contributed by atoms with Crippen molar-refractivity contribution in [2.24, 2.45) is 0 Å². The van der Waals surface area contributed by atoms with E-state index in [4.69, 9.17) is 4.52 Å². The molecule has 0 aliphatic heterocycles. The van der Waals surface area contributed by atoms with Crippen LogP contribution in [0.3, 0.4) is 0 Å². The number of aryl methyl sites for hydroxylation is 2. The largest absolute Gasteiger partial charge is 0.355 e. The first-order valence-electron chi connectivity index (χ1n) is 9.10. The normalized spacial score (nSPS) is 12.2. The molecule has 4 aromatic rings. The molecule has 6 heteroatoms. The van der Waals surface area contributed by atoms with Gasteiger partial charge in [-0.2, -0.15) is 4.98 Å². The second-order valence-corrected chi connectivity index (χ2v) is 6.53. The van der Waals surface area contributed by atoms with E-state index in [1.165, 1.54) is 0 Å². The van der Waals surface area contributed by atoms with Gasteiger partial charge in [-0.05, 0) is 31.0 Å². The van der Waals surface area contributed by atoms with Crippen molar-refractivity contribution in [2.75, 3.05) is 5.32 Å². The molecule has 1 unspecified atom stereocenters. The molecule has 1 atom stereocenters. The van der Waals surface area contributed by atoms with Crippen molar-refractivity contribution in [3.8, 4) is 0 Å². The molecule has 4 rings (SSSR count). The Labute approximate surface area is 157 Å². The van der Waals surface area contributed by atoms with Crippen LogP contribution in [0, 0.1) is 6.92 Å². The van der Waals surface area contributed by atoms with Gasteiger partial charge in [0.05, 0.1) is 5.52 Å². The number of aromatic nitrogens is 4. The first-order valence-corrected chi connectivity index (χ1v) is 9.10. The van der Waals surface area contributed by atoms with Crippen LogP contribution in [0.5, 0.6) is 0 Å². The van der Waals surface area contributed by atoms with Gasteiger partial charge in [0.25, 0.3) is 0 Å². The third-order valence-corrected chi connectivity index (χ3v) is 4.41. The van der Waals surface area contributed by atoms with E-state index in [1.807, 2.05) is 42.5 Å². The molecule has 0 aliphatic rings. The smallest absolute Gasteiger partial charge is 0.226 e. The second kappa shape index (κ2) is 7.53. The van der Waals surface area contributed by atoms with E-state index in [0.29, 0.717) is 11.7 Å². The van der Waals surface area contributed by atoms with Crippen LogP contribution in [-0.2, 0) is 6.42 Å². The Balaban J connectivity index is 1.77. The molecular weight excluding hydrogens is 338 g/mol. The van der Waals surface area contributed by atoms with Crippen LogP contribution in [0.4, 0.5) is 5.82 Å². The lowest BCUT2D eigenvalue weighted by molar-refractivity contribution is 0.371. The quantitative estimate of drug-likeness (QED) is 0.547. The van der Waals surface area contributed by atoms with E-state index < -0.39 is 0 Å². The Bertz CT molecular complexity index is 1040. The second-order valence-electron chi connectivity index (χ2n) is 6.53. The minimum Gasteiger partial charge on any atom is -0.355 e. The van der Waals surface area contributed by atoms with E-state index >= 15 is 0 Å². The average molecular weight is 359 g/mol. The molecule has 0 aliphatic carbocycles. The van der Waals surface area contributed by atoms with Crippen molar-refractivity contribution < 1.29 is 4.52 Å². The summed E-state index contributed by atoms with van der Waals surface area (Å²) in [6, 6.07) is 15.9. The molecule has 136 valence electrons. The molecule has 0 spiro atoms. The Kier molecular flexibility index (Phi) is 4.78. The van der Waals surface area contributed by atoms with Gasteiger partial charge in [0, 0.05) is 11.8 Å². The summed E-state index contributed by atoms with van der Waals surface area (Å²) < 4.78 is 5.42. The van der Waals surface area contributed by atoms with Crippen molar-refractivity contribution in [1.82, 2.24) is 20.1 Å². The summed E-state index contributed by atoms with van der Waals surface area (Å²) in [5, 5.41) is 8.68. The lowest BCUT2D eigenvalue weighted by Gasteiger charge is -2.17. The van der Waals surface area contributed by atoms with Gasteiger partial charge in [-0.15, -0.1) is 0 Å². The van der Waals surface area contributed by atoms with Crippen LogP contribution in [-0.4, -0.2) is 20.1 Å². The fraction of sp³-hybridized carbons (Fsp3) is 0.238. The van der Waals surface area contributed by atoms with Gasteiger partial charge in [-0.3, -0.25) is 0 Å². The molecule has 0 bridgehead atoms. The van der Waals surface area contributed by atoms with Crippen LogP contribution in [0.2, 0.25) is 0 Å². The third-order valence-electron chi connectivity index (χ3n) is 4.41. The van der Waals surface area contributed by atoms with Gasteiger partial charge in [0.2, 0.25) is 5.89 Å². The summed E-state index contributed by atoms with van der Waals surface area (Å²) in [5.74, 6) is 2.00. The Morgan fingerprint density at radius 2 is 1.93 bits per heavy atom. The van der Waals surface area contributed by atoms with Gasteiger partial charge in [-0.1, -0.05) is 54.0 Å². The van der Waals surface area contributed by atoms with Crippen LogP contribution < -0.4 is 5.32 Å². The third kappa shape index (κ3) is 3.65. The maximum Gasteiger partial charge on any atom is 0.226 e. The molecule has 2 aromatic heterocycles. The molecule has 0 saturated heterocycles. The minimum atomic E-state index is -0.265. The lowest BCUT2D eigenvalue weighted by atomic mass is 10.1. The van der Waals surface area contributed by atoms with Gasteiger partial charge in [0.1, 0.15) is 18.2 Å². The fourth-order valence-corrected chi connectivity index (χ4v) is 3.07. The molecule has 27 heavy (non-hydrogen) atoms. The number of fused-ring (bicyclic) bond motifs is 1. The zero-order valence-corrected chi connectivity index (χ0v) is 15.4. The molecule has 6 nitrogen and oxygen atoms in total. The van der Waals surface area contributed by atoms with Gasteiger partial charge >= 0.3 is 0 Å². The maximum atomic E-state index is 5.42. The first-order chi connectivity index (χ1) is 13.2. The predicted octanol–water partition coefficient (Wildman–Crippen LogP) is 4.48. The summed E-state index contributed by atoms with van der Waals surface area (Å²) in [7, 11) is 0. The monoisotopic (exact) mass is 359 g/mol. The van der Waals surface area contributed by atoms with Gasteiger partial charge in [-0.25, -0.2) is 9.97 Å². The highest BCUT2D eigenvalue weighted by molar-refractivity contribution is 5.89. The Hall–Kier alpha value is -3.28. The molecule has 0 radical (unpaired) electrons. The number of hydrogen-bond donors (Lipinski definition) is 1. The molecule has 1 N–H and O–H groups in total. The van der Waals surface area contributed by atoms with Crippen LogP contribution >= 0.6 is 0 Å². The van der Waals surface area contributed by atoms with E-state index in [-0.39, 0.29) is 6.04 Å². The predicted molar refractivity (Wildman–Crippen MR) is 104 cm³/mol. The highest BCUT2D eigenvalue weighted by atomic mass is 16.5. The van der Waals surface area contributed by atoms with Gasteiger partial charge < -0.3 is 9.84 Å². The standard InChI is InChI=1S/C21H21N5O/c1-3-7-18-24-21(26-27-18)19(15-8-5-4-6-9-15)25-20-16-12-14(2)10-11-17(16)22-13-23-20/h4-6,8-13,19H,3,7H2,1-2H3,(H,22,23,25). The fourth-order valence-electron chi connectivity index (χ4n) is 3.07. The summed E-state index contributed by atoms with van der Waals surface area (Å²) in [5.41, 5.74) is 3.09. The number of anilines is 1. The summed E-state index contributed by atoms with van der Waals surface area (Å²) >= 11 is 0. The summed E-state index contributed by atoms with van der Waals surface area (Å²) in [4.78, 5) is 13.4. The summed E-state index contributed by atoms with van der Waals surface area (Å²) in [6.07, 6.45) is 3.30. The number of nitrogens with zero attached hydrogens (tertiary/aromatic N) is 4. The Morgan fingerprint density at radius 1 is 1.07 bits per heavy atom. The molecule has 0 fully saturated rings. The van der Waals surface area contributed by atoms with E-state index in [0.717, 1.165) is 40.7 Å². The molecule has 2 heterocycles. The number of hydrogen-bond acceptors (Lipinski definition) is 6. The lowest BCUT2D eigenvalue weighted by Crippen LogP contribution is -2.15. The average Bonchev–Trinajstić information content (AvgIpc) is 3.15. The first kappa shape index (κ1) is 17.1. The van der Waals surface area contributed by atoms with Crippen LogP contribution in [0.15, 0.2) is 59.4 Å². The van der Waals surface area contributed by atoms with Crippen molar-refractivity contribution >= 4 is 16.7 Å². The molecule has 0 amide bonds. The van der Waals surface area contributed by atoms with Crippen LogP contribution in [0.1, 0.15) is 42.2 Å². The highest BCUT2D eigenvalue weighted by Gasteiger charge is 2.21. The number of rotatable bonds is 6. The molecule has 0 saturated carbocycles. The zero-order valence-electron chi connectivity index (χ0n) is 15.4. The number of nitrogens with one attached hydrogen (secondary N) is 1. The molecule has 2 aromatic carbocycles. The maximum absolute atomic E-state index is 5.42. The van der Waals surface area contributed by atoms with Crippen molar-refractivity contribution in [3.63, 3.8) is 0 Å². The van der Waals surface area contributed by atoms with E-state index in [9.17, 15) is 0 Å².